The lowest BCUT2D eigenvalue weighted by Crippen LogP contribution is -2.30. The second-order valence-electron chi connectivity index (χ2n) is 7.72. The molecule has 3 heterocycles. The van der Waals surface area contributed by atoms with Gasteiger partial charge in [-0.25, -0.2) is 9.98 Å². The Bertz CT molecular complexity index is 1600. The number of allylic oxidation sites excluding steroid dienone is 1. The Labute approximate surface area is 225 Å². The number of ether oxygens (including phenoxy) is 1. The highest BCUT2D eigenvalue weighted by molar-refractivity contribution is 8.14. The molecule has 0 radical (unpaired) electrons. The van der Waals surface area contributed by atoms with Crippen LogP contribution in [-0.4, -0.2) is 39.0 Å². The molecule has 1 amide bonds. The third-order valence-electron chi connectivity index (χ3n) is 5.41. The van der Waals surface area contributed by atoms with E-state index < -0.39 is 0 Å². The SMILES string of the molecule is COc1ccc(N2C(=O)/C(=C/c3cccs3)N=C2SCC(O)=C(C#N)c2nc3ccccc3[nH]2)cc1Cl. The Kier molecular flexibility index (Phi) is 7.01. The summed E-state index contributed by atoms with van der Waals surface area (Å²) < 4.78 is 5.23. The predicted octanol–water partition coefficient (Wildman–Crippen LogP) is 6.26. The van der Waals surface area contributed by atoms with E-state index in [1.807, 2.05) is 47.8 Å². The Hall–Kier alpha value is -4.04. The van der Waals surface area contributed by atoms with Gasteiger partial charge in [0, 0.05) is 4.88 Å². The van der Waals surface area contributed by atoms with Gasteiger partial charge in [0.25, 0.3) is 5.91 Å². The van der Waals surface area contributed by atoms with Crippen molar-refractivity contribution in [3.05, 3.63) is 87.2 Å². The van der Waals surface area contributed by atoms with E-state index >= 15 is 0 Å². The number of nitrogens with zero attached hydrogens (tertiary/aromatic N) is 4. The van der Waals surface area contributed by atoms with Gasteiger partial charge < -0.3 is 14.8 Å². The Morgan fingerprint density at radius 3 is 2.84 bits per heavy atom. The van der Waals surface area contributed by atoms with Gasteiger partial charge in [-0.3, -0.25) is 9.69 Å². The highest BCUT2D eigenvalue weighted by Crippen LogP contribution is 2.35. The maximum absolute atomic E-state index is 13.4. The van der Waals surface area contributed by atoms with Crippen LogP contribution in [0.4, 0.5) is 5.69 Å². The van der Waals surface area contributed by atoms with Crippen LogP contribution in [0.3, 0.4) is 0 Å². The third kappa shape index (κ3) is 4.97. The van der Waals surface area contributed by atoms with Crippen molar-refractivity contribution in [1.29, 1.82) is 5.26 Å². The van der Waals surface area contributed by atoms with E-state index in [1.54, 1.807) is 24.3 Å². The molecule has 4 aromatic rings. The van der Waals surface area contributed by atoms with Crippen LogP contribution in [0, 0.1) is 11.3 Å². The summed E-state index contributed by atoms with van der Waals surface area (Å²) >= 11 is 8.93. The van der Waals surface area contributed by atoms with Gasteiger partial charge in [0.05, 0.1) is 34.6 Å². The number of amidine groups is 1. The van der Waals surface area contributed by atoms with Gasteiger partial charge in [0.15, 0.2) is 11.0 Å². The number of aromatic amines is 1. The second kappa shape index (κ2) is 10.5. The van der Waals surface area contributed by atoms with Gasteiger partial charge in [0.1, 0.15) is 28.8 Å². The number of carbonyl (C=O) groups is 1. The van der Waals surface area contributed by atoms with E-state index in [2.05, 4.69) is 15.0 Å². The molecular weight excluding hydrogens is 530 g/mol. The van der Waals surface area contributed by atoms with Crippen molar-refractivity contribution < 1.29 is 14.6 Å². The molecule has 2 aromatic heterocycles. The summed E-state index contributed by atoms with van der Waals surface area (Å²) in [4.78, 5) is 27.7. The number of nitriles is 1. The fourth-order valence-electron chi connectivity index (χ4n) is 3.65. The molecule has 11 heteroatoms. The zero-order valence-corrected chi connectivity index (χ0v) is 21.7. The zero-order chi connectivity index (χ0) is 25.9. The molecule has 0 unspecified atom stereocenters. The number of imidazole rings is 1. The number of aliphatic hydroxyl groups is 1. The lowest BCUT2D eigenvalue weighted by Gasteiger charge is -2.18. The average molecular weight is 548 g/mol. The number of carbonyl (C=O) groups excluding carboxylic acids is 1. The maximum atomic E-state index is 13.4. The Morgan fingerprint density at radius 2 is 2.14 bits per heavy atom. The number of H-pyrrole nitrogens is 1. The third-order valence-corrected chi connectivity index (χ3v) is 7.47. The zero-order valence-electron chi connectivity index (χ0n) is 19.3. The van der Waals surface area contributed by atoms with Crippen molar-refractivity contribution in [1.82, 2.24) is 9.97 Å². The predicted molar refractivity (Wildman–Crippen MR) is 149 cm³/mol. The van der Waals surface area contributed by atoms with Crippen LogP contribution in [-0.2, 0) is 4.79 Å². The molecule has 184 valence electrons. The fraction of sp³-hybridized carbons (Fsp3) is 0.0769. The standard InChI is InChI=1S/C26H18ClN5O3S2/c1-35-23-9-8-15(11-18(23)27)32-25(34)21(12-16-5-4-10-36-16)31-26(32)37-14-22(33)17(13-28)24-29-19-6-2-3-7-20(19)30-24/h2-12,33H,14H2,1H3,(H,29,30)/b21-12-,22-17?. The number of benzene rings is 2. The van der Waals surface area contributed by atoms with Crippen LogP contribution < -0.4 is 9.64 Å². The Balaban J connectivity index is 1.47. The molecule has 0 bridgehead atoms. The number of thioether (sulfide) groups is 1. The number of para-hydroxylation sites is 2. The molecule has 1 aliphatic rings. The van der Waals surface area contributed by atoms with Crippen molar-refractivity contribution in [2.45, 2.75) is 0 Å². The van der Waals surface area contributed by atoms with Crippen LogP contribution in [0.25, 0.3) is 22.7 Å². The van der Waals surface area contributed by atoms with Gasteiger partial charge in [-0.1, -0.05) is 41.6 Å². The number of nitrogens with one attached hydrogen (secondary N) is 1. The summed E-state index contributed by atoms with van der Waals surface area (Å²) in [5.41, 5.74) is 2.20. The van der Waals surface area contributed by atoms with E-state index in [-0.39, 0.29) is 34.5 Å². The molecule has 0 spiro atoms. The van der Waals surface area contributed by atoms with Crippen LogP contribution in [0.2, 0.25) is 5.02 Å². The highest BCUT2D eigenvalue weighted by atomic mass is 35.5. The fourth-order valence-corrected chi connectivity index (χ4v) is 5.45. The van der Waals surface area contributed by atoms with E-state index in [0.717, 1.165) is 22.2 Å². The van der Waals surface area contributed by atoms with E-state index in [1.165, 1.54) is 23.3 Å². The number of aliphatic hydroxyl groups excluding tert-OH is 1. The Morgan fingerprint density at radius 1 is 1.30 bits per heavy atom. The highest BCUT2D eigenvalue weighted by Gasteiger charge is 2.33. The number of hydrogen-bond donors (Lipinski definition) is 2. The molecule has 37 heavy (non-hydrogen) atoms. The number of fused-ring (bicyclic) bond motifs is 1. The van der Waals surface area contributed by atoms with Gasteiger partial charge in [-0.15, -0.1) is 11.3 Å². The first kappa shape index (κ1) is 24.6. The summed E-state index contributed by atoms with van der Waals surface area (Å²) in [6.45, 7) is 0. The van der Waals surface area contributed by atoms with Gasteiger partial charge in [-0.2, -0.15) is 5.26 Å². The lowest BCUT2D eigenvalue weighted by atomic mass is 10.2. The summed E-state index contributed by atoms with van der Waals surface area (Å²) in [5.74, 6) is 0.202. The molecular formula is C26H18ClN5O3S2. The van der Waals surface area contributed by atoms with E-state index in [9.17, 15) is 15.2 Å². The van der Waals surface area contributed by atoms with Gasteiger partial charge in [0.2, 0.25) is 0 Å². The van der Waals surface area contributed by atoms with Crippen molar-refractivity contribution in [3.8, 4) is 11.8 Å². The monoisotopic (exact) mass is 547 g/mol. The first-order valence-corrected chi connectivity index (χ1v) is 13.1. The number of anilines is 1. The minimum Gasteiger partial charge on any atom is -0.510 e. The molecule has 2 N–H and O–H groups in total. The second-order valence-corrected chi connectivity index (χ2v) is 10.1. The normalized spacial score (nSPS) is 15.2. The number of aliphatic imine (C=N–C) groups is 1. The maximum Gasteiger partial charge on any atom is 0.283 e. The van der Waals surface area contributed by atoms with E-state index in [0.29, 0.717) is 27.1 Å². The first-order valence-electron chi connectivity index (χ1n) is 10.9. The molecule has 2 aromatic carbocycles. The molecule has 0 atom stereocenters. The smallest absolute Gasteiger partial charge is 0.283 e. The van der Waals surface area contributed by atoms with Gasteiger partial charge in [-0.05, 0) is 47.9 Å². The lowest BCUT2D eigenvalue weighted by molar-refractivity contribution is -0.113. The van der Waals surface area contributed by atoms with Crippen LogP contribution in [0.15, 0.2) is 76.4 Å². The number of amides is 1. The number of methoxy groups -OCH3 is 1. The van der Waals surface area contributed by atoms with Crippen molar-refractivity contribution in [3.63, 3.8) is 0 Å². The van der Waals surface area contributed by atoms with Crippen LogP contribution in [0.5, 0.6) is 5.75 Å². The topological polar surface area (TPSA) is 115 Å². The molecule has 0 saturated heterocycles. The average Bonchev–Trinajstić information content (AvgIpc) is 3.63. The summed E-state index contributed by atoms with van der Waals surface area (Å²) in [7, 11) is 1.51. The minimum atomic E-state index is -0.335. The number of aromatic nitrogens is 2. The van der Waals surface area contributed by atoms with Gasteiger partial charge >= 0.3 is 0 Å². The van der Waals surface area contributed by atoms with E-state index in [4.69, 9.17) is 16.3 Å². The van der Waals surface area contributed by atoms with Crippen molar-refractivity contribution in [2.75, 3.05) is 17.8 Å². The molecule has 1 aliphatic heterocycles. The first-order chi connectivity index (χ1) is 18.0. The molecule has 8 nitrogen and oxygen atoms in total. The number of halogens is 1. The largest absolute Gasteiger partial charge is 0.510 e. The summed E-state index contributed by atoms with van der Waals surface area (Å²) in [6, 6.07) is 18.1. The quantitative estimate of drug-likeness (QED) is 0.167. The van der Waals surface area contributed by atoms with Crippen molar-refractivity contribution in [2.24, 2.45) is 4.99 Å². The van der Waals surface area contributed by atoms with Crippen molar-refractivity contribution >= 4 is 74.1 Å². The van der Waals surface area contributed by atoms with Crippen LogP contribution >= 0.6 is 34.7 Å². The molecule has 0 fully saturated rings. The molecule has 0 aliphatic carbocycles. The van der Waals surface area contributed by atoms with Crippen LogP contribution in [0.1, 0.15) is 10.7 Å². The number of thiophene rings is 1. The summed E-state index contributed by atoms with van der Waals surface area (Å²) in [5, 5.41) is 23.2. The number of rotatable bonds is 6. The summed E-state index contributed by atoms with van der Waals surface area (Å²) in [6.07, 6.45) is 1.71. The minimum absolute atomic E-state index is 0.0152. The molecule has 5 rings (SSSR count). The number of hydrogen-bond acceptors (Lipinski definition) is 8. The molecule has 0 saturated carbocycles.